The van der Waals surface area contributed by atoms with Gasteiger partial charge in [0, 0.05) is 23.1 Å². The fourth-order valence-electron chi connectivity index (χ4n) is 3.88. The molecule has 0 aromatic heterocycles. The molecule has 114 valence electrons. The molecule has 3 rings (SSSR count). The van der Waals surface area contributed by atoms with Gasteiger partial charge in [0.2, 0.25) is 0 Å². The molecule has 2 N–H and O–H groups in total. The van der Waals surface area contributed by atoms with Crippen LogP contribution in [0.3, 0.4) is 0 Å². The zero-order valence-electron chi connectivity index (χ0n) is 12.5. The average Bonchev–Trinajstić information content (AvgIpc) is 2.93. The predicted molar refractivity (Wildman–Crippen MR) is 82.0 cm³/mol. The van der Waals surface area contributed by atoms with Crippen LogP contribution in [0.5, 0.6) is 0 Å². The van der Waals surface area contributed by atoms with Crippen molar-refractivity contribution < 1.29 is 9.18 Å². The smallest absolute Gasteiger partial charge is 0.161 e. The molecule has 1 aromatic carbocycles. The fraction of sp³-hybridized carbons (Fsp3) is 0.588. The summed E-state index contributed by atoms with van der Waals surface area (Å²) in [5.74, 6) is 0.0756. The Morgan fingerprint density at radius 2 is 2.14 bits per heavy atom. The van der Waals surface area contributed by atoms with Gasteiger partial charge in [-0.15, -0.1) is 0 Å². The first-order chi connectivity index (χ1) is 10.2. The first-order valence-corrected chi connectivity index (χ1v) is 7.95. The van der Waals surface area contributed by atoms with E-state index in [1.807, 2.05) is 6.07 Å². The molecule has 0 amide bonds. The summed E-state index contributed by atoms with van der Waals surface area (Å²) in [4.78, 5) is 13.1. The highest BCUT2D eigenvalue weighted by molar-refractivity contribution is 5.94. The summed E-state index contributed by atoms with van der Waals surface area (Å²) in [6.45, 7) is 3.94. The quantitative estimate of drug-likeness (QED) is 0.896. The minimum Gasteiger partial charge on any atom is -0.375 e. The molecule has 2 heterocycles. The summed E-state index contributed by atoms with van der Waals surface area (Å²) in [5, 5.41) is 6.58. The third-order valence-corrected chi connectivity index (χ3v) is 4.99. The van der Waals surface area contributed by atoms with Gasteiger partial charge in [-0.3, -0.25) is 4.79 Å². The van der Waals surface area contributed by atoms with Crippen LogP contribution in [0.1, 0.15) is 38.2 Å². The molecule has 0 aliphatic carbocycles. The number of piperidine rings is 1. The molecule has 21 heavy (non-hydrogen) atoms. The number of ketones is 1. The van der Waals surface area contributed by atoms with E-state index in [9.17, 15) is 9.18 Å². The molecule has 1 saturated heterocycles. The summed E-state index contributed by atoms with van der Waals surface area (Å²) in [6, 6.07) is 4.77. The molecule has 2 aliphatic heterocycles. The van der Waals surface area contributed by atoms with E-state index in [-0.39, 0.29) is 23.1 Å². The third-order valence-electron chi connectivity index (χ3n) is 4.99. The van der Waals surface area contributed by atoms with Gasteiger partial charge in [0.15, 0.2) is 5.78 Å². The standard InChI is InChI=1S/C17H23FN2O/c1-2-6-17(7-9-19-10-8-17)16(21)15-11-12-13(18)4-3-5-14(12)20-15/h3-5,15,19-20H,2,6-11H2,1H3. The second-order valence-corrected chi connectivity index (χ2v) is 6.31. The van der Waals surface area contributed by atoms with Crippen LogP contribution in [0.25, 0.3) is 0 Å². The van der Waals surface area contributed by atoms with Gasteiger partial charge in [-0.2, -0.15) is 0 Å². The van der Waals surface area contributed by atoms with Crippen LogP contribution in [-0.4, -0.2) is 24.9 Å². The maximum atomic E-state index is 13.9. The van der Waals surface area contributed by atoms with Crippen LogP contribution in [0.2, 0.25) is 0 Å². The summed E-state index contributed by atoms with van der Waals surface area (Å²) in [5.41, 5.74) is 1.22. The number of halogens is 1. The Morgan fingerprint density at radius 1 is 1.38 bits per heavy atom. The van der Waals surface area contributed by atoms with Gasteiger partial charge in [-0.25, -0.2) is 4.39 Å². The largest absolute Gasteiger partial charge is 0.375 e. The topological polar surface area (TPSA) is 41.1 Å². The molecular formula is C17H23FN2O. The van der Waals surface area contributed by atoms with Crippen molar-refractivity contribution >= 4 is 11.5 Å². The summed E-state index contributed by atoms with van der Waals surface area (Å²) in [7, 11) is 0. The number of hydrogen-bond donors (Lipinski definition) is 2. The molecule has 0 bridgehead atoms. The average molecular weight is 290 g/mol. The van der Waals surface area contributed by atoms with E-state index in [0.717, 1.165) is 44.5 Å². The van der Waals surface area contributed by atoms with E-state index in [0.29, 0.717) is 12.0 Å². The molecule has 1 fully saturated rings. The summed E-state index contributed by atoms with van der Waals surface area (Å²) >= 11 is 0. The van der Waals surface area contributed by atoms with Crippen molar-refractivity contribution in [2.24, 2.45) is 5.41 Å². The van der Waals surface area contributed by atoms with Crippen LogP contribution in [0.15, 0.2) is 18.2 Å². The molecule has 0 saturated carbocycles. The van der Waals surface area contributed by atoms with E-state index in [4.69, 9.17) is 0 Å². The monoisotopic (exact) mass is 290 g/mol. The number of hydrogen-bond acceptors (Lipinski definition) is 3. The van der Waals surface area contributed by atoms with E-state index in [1.54, 1.807) is 6.07 Å². The third kappa shape index (κ3) is 2.57. The molecule has 1 unspecified atom stereocenters. The van der Waals surface area contributed by atoms with E-state index in [1.165, 1.54) is 6.07 Å². The van der Waals surface area contributed by atoms with Crippen LogP contribution in [0, 0.1) is 11.2 Å². The molecule has 0 spiro atoms. The highest BCUT2D eigenvalue weighted by Gasteiger charge is 2.43. The predicted octanol–water partition coefficient (Wildman–Crippen LogP) is 2.90. The van der Waals surface area contributed by atoms with Crippen LogP contribution < -0.4 is 10.6 Å². The Bertz CT molecular complexity index is 532. The lowest BCUT2D eigenvalue weighted by Crippen LogP contribution is -2.48. The molecule has 4 heteroatoms. The maximum absolute atomic E-state index is 13.9. The van der Waals surface area contributed by atoms with Gasteiger partial charge in [0.1, 0.15) is 5.82 Å². The van der Waals surface area contributed by atoms with Gasteiger partial charge in [0.05, 0.1) is 6.04 Å². The Hall–Kier alpha value is -1.42. The van der Waals surface area contributed by atoms with E-state index >= 15 is 0 Å². The molecule has 0 radical (unpaired) electrons. The normalized spacial score (nSPS) is 23.4. The zero-order valence-corrected chi connectivity index (χ0v) is 12.5. The van der Waals surface area contributed by atoms with Gasteiger partial charge in [-0.05, 0) is 44.5 Å². The van der Waals surface area contributed by atoms with Crippen molar-refractivity contribution in [3.05, 3.63) is 29.6 Å². The summed E-state index contributed by atoms with van der Waals surface area (Å²) < 4.78 is 13.9. The lowest BCUT2D eigenvalue weighted by atomic mass is 9.70. The first-order valence-electron chi connectivity index (χ1n) is 7.95. The minimum absolute atomic E-state index is 0.204. The first kappa shape index (κ1) is 14.5. The number of fused-ring (bicyclic) bond motifs is 1. The molecule has 2 aliphatic rings. The van der Waals surface area contributed by atoms with Gasteiger partial charge in [0.25, 0.3) is 0 Å². The summed E-state index contributed by atoms with van der Waals surface area (Å²) in [6.07, 6.45) is 4.23. The highest BCUT2D eigenvalue weighted by Crippen LogP contribution is 2.39. The molecular weight excluding hydrogens is 267 g/mol. The van der Waals surface area contributed by atoms with Crippen LogP contribution in [0.4, 0.5) is 10.1 Å². The van der Waals surface area contributed by atoms with Crippen molar-refractivity contribution in [2.75, 3.05) is 18.4 Å². The fourth-order valence-corrected chi connectivity index (χ4v) is 3.88. The Labute approximate surface area is 125 Å². The second-order valence-electron chi connectivity index (χ2n) is 6.31. The zero-order chi connectivity index (χ0) is 14.9. The second kappa shape index (κ2) is 5.76. The number of anilines is 1. The number of nitrogens with one attached hydrogen (secondary N) is 2. The number of benzene rings is 1. The molecule has 3 nitrogen and oxygen atoms in total. The van der Waals surface area contributed by atoms with Crippen LogP contribution >= 0.6 is 0 Å². The van der Waals surface area contributed by atoms with Crippen molar-refractivity contribution in [1.29, 1.82) is 0 Å². The number of rotatable bonds is 4. The van der Waals surface area contributed by atoms with Crippen molar-refractivity contribution in [3.63, 3.8) is 0 Å². The maximum Gasteiger partial charge on any atom is 0.161 e. The Kier molecular flexibility index (Phi) is 3.98. The molecule has 1 aromatic rings. The van der Waals surface area contributed by atoms with Gasteiger partial charge < -0.3 is 10.6 Å². The number of carbonyl (C=O) groups excluding carboxylic acids is 1. The molecule has 1 atom stereocenters. The number of Topliss-reactive ketones (excluding diaryl/α,β-unsaturated/α-hetero) is 1. The SMILES string of the molecule is CCCC1(C(=O)C2Cc3c(F)cccc3N2)CCNCC1. The van der Waals surface area contributed by atoms with Gasteiger partial charge >= 0.3 is 0 Å². The minimum atomic E-state index is -0.262. The van der Waals surface area contributed by atoms with E-state index < -0.39 is 0 Å². The Morgan fingerprint density at radius 3 is 2.81 bits per heavy atom. The van der Waals surface area contributed by atoms with Crippen LogP contribution in [-0.2, 0) is 11.2 Å². The lowest BCUT2D eigenvalue weighted by molar-refractivity contribution is -0.131. The van der Waals surface area contributed by atoms with Gasteiger partial charge in [-0.1, -0.05) is 19.4 Å². The van der Waals surface area contributed by atoms with Crippen molar-refractivity contribution in [1.82, 2.24) is 5.32 Å². The Balaban J connectivity index is 1.81. The lowest BCUT2D eigenvalue weighted by Gasteiger charge is -2.38. The highest BCUT2D eigenvalue weighted by atomic mass is 19.1. The van der Waals surface area contributed by atoms with Crippen molar-refractivity contribution in [2.45, 2.75) is 45.1 Å². The number of carbonyl (C=O) groups is 1. The van der Waals surface area contributed by atoms with E-state index in [2.05, 4.69) is 17.6 Å². The van der Waals surface area contributed by atoms with Crippen molar-refractivity contribution in [3.8, 4) is 0 Å².